The van der Waals surface area contributed by atoms with Crippen molar-refractivity contribution in [3.05, 3.63) is 11.5 Å². The Kier molecular flexibility index (Phi) is 5.62. The number of allylic oxidation sites excluding steroid dienone is 1. The maximum atomic E-state index is 11.0. The summed E-state index contributed by atoms with van der Waals surface area (Å²) in [5.74, 6) is 0.144. The number of carbonyl (C=O) groups is 1. The molecule has 0 radical (unpaired) electrons. The number of hydrogen-bond acceptors (Lipinski definition) is 3. The van der Waals surface area contributed by atoms with Crippen LogP contribution in [-0.4, -0.2) is 20.5 Å². The van der Waals surface area contributed by atoms with Crippen molar-refractivity contribution in [2.24, 2.45) is 0 Å². The van der Waals surface area contributed by atoms with Gasteiger partial charge < -0.3 is 0 Å². The van der Waals surface area contributed by atoms with Gasteiger partial charge in [-0.25, -0.2) is 8.42 Å². The van der Waals surface area contributed by atoms with Gasteiger partial charge in [-0.2, -0.15) is 0 Å². The van der Waals surface area contributed by atoms with Crippen molar-refractivity contribution in [2.75, 3.05) is 5.75 Å². The molecule has 0 aliphatic heterocycles. The first kappa shape index (κ1) is 11.4. The van der Waals surface area contributed by atoms with E-state index in [0.717, 1.165) is 24.3 Å². The molecular formula is C8H14O3S. The molecule has 0 aromatic carbocycles. The Morgan fingerprint density at radius 3 is 2.42 bits per heavy atom. The van der Waals surface area contributed by atoms with Crippen LogP contribution in [0.3, 0.4) is 0 Å². The van der Waals surface area contributed by atoms with Gasteiger partial charge in [-0.3, -0.25) is 4.79 Å². The maximum Gasteiger partial charge on any atom is 0.171 e. The molecule has 0 heterocycles. The van der Waals surface area contributed by atoms with E-state index in [2.05, 4.69) is 0 Å². The third-order valence-corrected chi connectivity index (χ3v) is 2.83. The van der Waals surface area contributed by atoms with E-state index in [1.54, 1.807) is 0 Å². The molecule has 0 bridgehead atoms. The molecule has 0 N–H and O–H groups in total. The van der Waals surface area contributed by atoms with Gasteiger partial charge in [0.2, 0.25) is 0 Å². The van der Waals surface area contributed by atoms with Crippen molar-refractivity contribution >= 4 is 16.1 Å². The largest absolute Gasteiger partial charge is 0.299 e. The molecule has 0 aliphatic rings. The van der Waals surface area contributed by atoms with Crippen LogP contribution >= 0.6 is 0 Å². The highest BCUT2D eigenvalue weighted by Crippen LogP contribution is 2.00. The lowest BCUT2D eigenvalue weighted by molar-refractivity contribution is -0.104. The summed E-state index contributed by atoms with van der Waals surface area (Å²) in [6.45, 7) is 2.01. The molecule has 0 unspecified atom stereocenters. The lowest BCUT2D eigenvalue weighted by atomic mass is 10.3. The molecule has 70 valence electrons. The first-order valence-electron chi connectivity index (χ1n) is 3.97. The molecule has 0 rings (SSSR count). The molecule has 0 fully saturated rings. The zero-order valence-electron chi connectivity index (χ0n) is 7.19. The summed E-state index contributed by atoms with van der Waals surface area (Å²) >= 11 is 0. The predicted molar refractivity (Wildman–Crippen MR) is 48.5 cm³/mol. The molecule has 0 saturated carbocycles. The standard InChI is InChI=1S/C8H14O3S/c1-2-3-4-7-12(10,11)8-5-6-9/h5-6,8H,2-4,7H2,1H3. The number of unbranched alkanes of at least 4 members (excludes halogenated alkanes) is 2. The highest BCUT2D eigenvalue weighted by atomic mass is 32.2. The topological polar surface area (TPSA) is 51.2 Å². The normalized spacial score (nSPS) is 12.1. The van der Waals surface area contributed by atoms with Gasteiger partial charge in [0.25, 0.3) is 0 Å². The summed E-state index contributed by atoms with van der Waals surface area (Å²) in [6, 6.07) is 0. The Morgan fingerprint density at radius 2 is 1.92 bits per heavy atom. The van der Waals surface area contributed by atoms with Crippen LogP contribution in [0.15, 0.2) is 11.5 Å². The zero-order chi connectivity index (χ0) is 9.45. The first-order chi connectivity index (χ1) is 5.62. The smallest absolute Gasteiger partial charge is 0.171 e. The number of sulfone groups is 1. The second-order valence-electron chi connectivity index (χ2n) is 2.54. The monoisotopic (exact) mass is 190 g/mol. The summed E-state index contributed by atoms with van der Waals surface area (Å²) in [6.07, 6.45) is 4.06. The van der Waals surface area contributed by atoms with Crippen LogP contribution in [0.2, 0.25) is 0 Å². The molecule has 3 nitrogen and oxygen atoms in total. The summed E-state index contributed by atoms with van der Waals surface area (Å²) in [7, 11) is -3.13. The van der Waals surface area contributed by atoms with E-state index in [1.807, 2.05) is 6.92 Å². The van der Waals surface area contributed by atoms with E-state index in [-0.39, 0.29) is 5.75 Å². The van der Waals surface area contributed by atoms with Gasteiger partial charge in [-0.05, 0) is 12.5 Å². The molecule has 0 atom stereocenters. The number of hydrogen-bond donors (Lipinski definition) is 0. The van der Waals surface area contributed by atoms with E-state index >= 15 is 0 Å². The molecule has 0 aliphatic carbocycles. The molecule has 4 heteroatoms. The van der Waals surface area contributed by atoms with Crippen molar-refractivity contribution in [2.45, 2.75) is 26.2 Å². The third-order valence-electron chi connectivity index (χ3n) is 1.40. The Hall–Kier alpha value is -0.640. The first-order valence-corrected chi connectivity index (χ1v) is 5.68. The molecule has 0 saturated heterocycles. The van der Waals surface area contributed by atoms with Crippen molar-refractivity contribution in [1.82, 2.24) is 0 Å². The summed E-state index contributed by atoms with van der Waals surface area (Å²) in [5.41, 5.74) is 0. The Morgan fingerprint density at radius 1 is 1.25 bits per heavy atom. The maximum absolute atomic E-state index is 11.0. The predicted octanol–water partition coefficient (Wildman–Crippen LogP) is 1.30. The van der Waals surface area contributed by atoms with E-state index in [9.17, 15) is 13.2 Å². The van der Waals surface area contributed by atoms with E-state index in [4.69, 9.17) is 0 Å². The second-order valence-corrected chi connectivity index (χ2v) is 4.54. The highest BCUT2D eigenvalue weighted by Gasteiger charge is 2.03. The lowest BCUT2D eigenvalue weighted by Crippen LogP contribution is -2.01. The van der Waals surface area contributed by atoms with Crippen molar-refractivity contribution in [3.8, 4) is 0 Å². The number of rotatable bonds is 6. The van der Waals surface area contributed by atoms with Crippen molar-refractivity contribution < 1.29 is 13.2 Å². The quantitative estimate of drug-likeness (QED) is 0.360. The third kappa shape index (κ3) is 6.09. The van der Waals surface area contributed by atoms with Gasteiger partial charge >= 0.3 is 0 Å². The molecule has 0 spiro atoms. The SMILES string of the molecule is CCCCCS(=O)(=O)C=CC=O. The van der Waals surface area contributed by atoms with Gasteiger partial charge in [0.15, 0.2) is 9.84 Å². The minimum Gasteiger partial charge on any atom is -0.299 e. The second kappa shape index (κ2) is 5.94. The van der Waals surface area contributed by atoms with Crippen LogP contribution in [-0.2, 0) is 14.6 Å². The van der Waals surface area contributed by atoms with Gasteiger partial charge in [0, 0.05) is 5.41 Å². The number of carbonyl (C=O) groups excluding carboxylic acids is 1. The minimum atomic E-state index is -3.13. The zero-order valence-corrected chi connectivity index (χ0v) is 8.01. The van der Waals surface area contributed by atoms with E-state index < -0.39 is 9.84 Å². The molecular weight excluding hydrogens is 176 g/mol. The van der Waals surface area contributed by atoms with Gasteiger partial charge in [-0.1, -0.05) is 19.8 Å². The molecule has 0 aromatic heterocycles. The van der Waals surface area contributed by atoms with Gasteiger partial charge in [0.05, 0.1) is 5.75 Å². The van der Waals surface area contributed by atoms with Gasteiger partial charge in [-0.15, -0.1) is 0 Å². The average molecular weight is 190 g/mol. The molecule has 0 amide bonds. The Balaban J connectivity index is 3.88. The van der Waals surface area contributed by atoms with Crippen LogP contribution < -0.4 is 0 Å². The molecule has 12 heavy (non-hydrogen) atoms. The highest BCUT2D eigenvalue weighted by molar-refractivity contribution is 7.94. The summed E-state index contributed by atoms with van der Waals surface area (Å²) < 4.78 is 22.0. The van der Waals surface area contributed by atoms with Crippen molar-refractivity contribution in [1.29, 1.82) is 0 Å². The van der Waals surface area contributed by atoms with Crippen LogP contribution in [0, 0.1) is 0 Å². The number of aldehydes is 1. The van der Waals surface area contributed by atoms with Crippen LogP contribution in [0.25, 0.3) is 0 Å². The average Bonchev–Trinajstić information content (AvgIpc) is 2.01. The Labute approximate surface area is 73.4 Å². The van der Waals surface area contributed by atoms with Crippen LogP contribution in [0.4, 0.5) is 0 Å². The fraction of sp³-hybridized carbons (Fsp3) is 0.625. The van der Waals surface area contributed by atoms with E-state index in [0.29, 0.717) is 12.7 Å². The Bertz CT molecular complexity index is 239. The molecule has 0 aromatic rings. The lowest BCUT2D eigenvalue weighted by Gasteiger charge is -1.95. The van der Waals surface area contributed by atoms with E-state index in [1.165, 1.54) is 0 Å². The fourth-order valence-electron chi connectivity index (χ4n) is 0.773. The van der Waals surface area contributed by atoms with Gasteiger partial charge in [0.1, 0.15) is 6.29 Å². The van der Waals surface area contributed by atoms with Crippen molar-refractivity contribution in [3.63, 3.8) is 0 Å². The van der Waals surface area contributed by atoms with Crippen LogP contribution in [0.5, 0.6) is 0 Å². The summed E-state index contributed by atoms with van der Waals surface area (Å²) in [5, 5.41) is 0.968. The van der Waals surface area contributed by atoms with Crippen LogP contribution in [0.1, 0.15) is 26.2 Å². The summed E-state index contributed by atoms with van der Waals surface area (Å²) in [4.78, 5) is 9.83. The fourth-order valence-corrected chi connectivity index (χ4v) is 1.82. The minimum absolute atomic E-state index is 0.144.